The number of thioether (sulfide) groups is 1. The van der Waals surface area contributed by atoms with Crippen LogP contribution in [0.4, 0.5) is 5.69 Å². The molecule has 5 heteroatoms. The SMILES string of the molecule is Cc1cccc(NC(=O)CCSc2nc(-c3ccccc3)cc(-c3ccccc3)n2)c1. The van der Waals surface area contributed by atoms with Gasteiger partial charge in [-0.05, 0) is 30.7 Å². The molecule has 0 bridgehead atoms. The van der Waals surface area contributed by atoms with Crippen molar-refractivity contribution in [3.63, 3.8) is 0 Å². The van der Waals surface area contributed by atoms with Gasteiger partial charge >= 0.3 is 0 Å². The molecule has 0 aliphatic carbocycles. The van der Waals surface area contributed by atoms with E-state index < -0.39 is 0 Å². The minimum absolute atomic E-state index is 0.0133. The first kappa shape index (κ1) is 20.8. The van der Waals surface area contributed by atoms with Crippen molar-refractivity contribution in [2.45, 2.75) is 18.5 Å². The zero-order valence-electron chi connectivity index (χ0n) is 17.3. The Morgan fingerprint density at radius 3 is 2.00 bits per heavy atom. The molecular formula is C26H23N3OS. The van der Waals surface area contributed by atoms with Crippen molar-refractivity contribution in [3.05, 3.63) is 96.6 Å². The van der Waals surface area contributed by atoms with Crippen molar-refractivity contribution in [3.8, 4) is 22.5 Å². The minimum atomic E-state index is -0.0133. The summed E-state index contributed by atoms with van der Waals surface area (Å²) in [7, 11) is 0. The normalized spacial score (nSPS) is 10.6. The number of hydrogen-bond acceptors (Lipinski definition) is 4. The second kappa shape index (κ2) is 10.0. The molecule has 3 aromatic carbocycles. The van der Waals surface area contributed by atoms with Gasteiger partial charge in [-0.15, -0.1) is 0 Å². The number of aromatic nitrogens is 2. The van der Waals surface area contributed by atoms with Crippen LogP contribution in [0, 0.1) is 6.92 Å². The quantitative estimate of drug-likeness (QED) is 0.281. The van der Waals surface area contributed by atoms with E-state index in [0.29, 0.717) is 17.3 Å². The summed E-state index contributed by atoms with van der Waals surface area (Å²) in [6.07, 6.45) is 0.387. The fraction of sp³-hybridized carbons (Fsp3) is 0.115. The summed E-state index contributed by atoms with van der Waals surface area (Å²) in [4.78, 5) is 21.8. The van der Waals surface area contributed by atoms with Crippen molar-refractivity contribution in [1.29, 1.82) is 0 Å². The summed E-state index contributed by atoms with van der Waals surface area (Å²) in [6.45, 7) is 2.01. The largest absolute Gasteiger partial charge is 0.326 e. The second-order valence-electron chi connectivity index (χ2n) is 7.17. The van der Waals surface area contributed by atoms with Gasteiger partial charge in [-0.3, -0.25) is 4.79 Å². The summed E-state index contributed by atoms with van der Waals surface area (Å²) in [6, 6.07) is 30.0. The Kier molecular flexibility index (Phi) is 6.75. The van der Waals surface area contributed by atoms with Crippen LogP contribution in [0.15, 0.2) is 96.2 Å². The lowest BCUT2D eigenvalue weighted by atomic mass is 10.1. The number of nitrogens with one attached hydrogen (secondary N) is 1. The molecular weight excluding hydrogens is 402 g/mol. The van der Waals surface area contributed by atoms with Crippen molar-refractivity contribution >= 4 is 23.4 Å². The summed E-state index contributed by atoms with van der Waals surface area (Å²) >= 11 is 1.50. The number of carbonyl (C=O) groups is 1. The first-order chi connectivity index (χ1) is 15.2. The highest BCUT2D eigenvalue weighted by Crippen LogP contribution is 2.27. The topological polar surface area (TPSA) is 54.9 Å². The summed E-state index contributed by atoms with van der Waals surface area (Å²) in [5.41, 5.74) is 5.78. The van der Waals surface area contributed by atoms with Crippen LogP contribution in [0.2, 0.25) is 0 Å². The van der Waals surface area contributed by atoms with Crippen LogP contribution < -0.4 is 5.32 Å². The number of carbonyl (C=O) groups excluding carboxylic acids is 1. The Labute approximate surface area is 186 Å². The van der Waals surface area contributed by atoms with Gasteiger partial charge in [-0.2, -0.15) is 0 Å². The van der Waals surface area contributed by atoms with E-state index in [0.717, 1.165) is 33.8 Å². The third-order valence-corrected chi connectivity index (χ3v) is 5.56. The molecule has 4 nitrogen and oxygen atoms in total. The fourth-order valence-corrected chi connectivity index (χ4v) is 3.98. The first-order valence-electron chi connectivity index (χ1n) is 10.2. The van der Waals surface area contributed by atoms with Gasteiger partial charge in [0.05, 0.1) is 11.4 Å². The molecule has 1 amide bonds. The van der Waals surface area contributed by atoms with Crippen molar-refractivity contribution in [2.75, 3.05) is 11.1 Å². The van der Waals surface area contributed by atoms with Crippen molar-refractivity contribution in [2.24, 2.45) is 0 Å². The van der Waals surface area contributed by atoms with Crippen LogP contribution in [0.5, 0.6) is 0 Å². The van der Waals surface area contributed by atoms with Crippen molar-refractivity contribution in [1.82, 2.24) is 9.97 Å². The van der Waals surface area contributed by atoms with E-state index in [4.69, 9.17) is 9.97 Å². The Bertz CT molecular complexity index is 1110. The average molecular weight is 426 g/mol. The molecule has 154 valence electrons. The molecule has 1 aromatic heterocycles. The van der Waals surface area contributed by atoms with Crippen LogP contribution in [-0.4, -0.2) is 21.6 Å². The second-order valence-corrected chi connectivity index (χ2v) is 8.23. The molecule has 1 N–H and O–H groups in total. The maximum atomic E-state index is 12.3. The molecule has 0 spiro atoms. The molecule has 0 unspecified atom stereocenters. The molecule has 0 radical (unpaired) electrons. The number of aryl methyl sites for hydroxylation is 1. The Morgan fingerprint density at radius 1 is 0.806 bits per heavy atom. The smallest absolute Gasteiger partial charge is 0.225 e. The van der Waals surface area contributed by atoms with E-state index >= 15 is 0 Å². The van der Waals surface area contributed by atoms with E-state index in [1.54, 1.807) is 0 Å². The van der Waals surface area contributed by atoms with Gasteiger partial charge in [0, 0.05) is 29.0 Å². The summed E-state index contributed by atoms with van der Waals surface area (Å²) in [5, 5.41) is 3.62. The maximum Gasteiger partial charge on any atom is 0.225 e. The van der Waals surface area contributed by atoms with E-state index in [1.165, 1.54) is 11.8 Å². The molecule has 0 saturated carbocycles. The monoisotopic (exact) mass is 425 g/mol. The highest BCUT2D eigenvalue weighted by molar-refractivity contribution is 7.99. The Hall–Kier alpha value is -3.44. The molecule has 0 atom stereocenters. The molecule has 1 heterocycles. The Morgan fingerprint density at radius 2 is 1.42 bits per heavy atom. The molecule has 0 aliphatic rings. The van der Waals surface area contributed by atoms with Gasteiger partial charge in [0.1, 0.15) is 0 Å². The number of nitrogens with zero attached hydrogens (tertiary/aromatic N) is 2. The van der Waals surface area contributed by atoms with Gasteiger partial charge in [0.25, 0.3) is 0 Å². The Balaban J connectivity index is 1.49. The van der Waals surface area contributed by atoms with Crippen LogP contribution in [-0.2, 0) is 4.79 Å². The van der Waals surface area contributed by atoms with Gasteiger partial charge < -0.3 is 5.32 Å². The first-order valence-corrected chi connectivity index (χ1v) is 11.2. The van der Waals surface area contributed by atoms with Crippen LogP contribution in [0.25, 0.3) is 22.5 Å². The molecule has 31 heavy (non-hydrogen) atoms. The van der Waals surface area contributed by atoms with E-state index in [-0.39, 0.29) is 5.91 Å². The lowest BCUT2D eigenvalue weighted by Crippen LogP contribution is -2.12. The maximum absolute atomic E-state index is 12.3. The van der Waals surface area contributed by atoms with Crippen LogP contribution in [0.1, 0.15) is 12.0 Å². The van der Waals surface area contributed by atoms with E-state index in [2.05, 4.69) is 5.32 Å². The lowest BCUT2D eigenvalue weighted by molar-refractivity contribution is -0.115. The third-order valence-electron chi connectivity index (χ3n) is 4.71. The fourth-order valence-electron chi connectivity index (χ4n) is 3.18. The lowest BCUT2D eigenvalue weighted by Gasteiger charge is -2.09. The average Bonchev–Trinajstić information content (AvgIpc) is 2.80. The predicted molar refractivity (Wildman–Crippen MR) is 128 cm³/mol. The molecule has 4 aromatic rings. The van der Waals surface area contributed by atoms with Gasteiger partial charge in [-0.1, -0.05) is 84.6 Å². The standard InChI is InChI=1S/C26H23N3OS/c1-19-9-8-14-22(17-19)27-25(30)15-16-31-26-28-23(20-10-4-2-5-11-20)18-24(29-26)21-12-6-3-7-13-21/h2-14,17-18H,15-16H2,1H3,(H,27,30). The molecule has 0 aliphatic heterocycles. The molecule has 4 rings (SSSR count). The predicted octanol–water partition coefficient (Wildman–Crippen LogP) is 6.24. The van der Waals surface area contributed by atoms with Gasteiger partial charge in [0.2, 0.25) is 5.91 Å². The van der Waals surface area contributed by atoms with Gasteiger partial charge in [0.15, 0.2) is 5.16 Å². The molecule has 0 fully saturated rings. The zero-order chi connectivity index (χ0) is 21.5. The number of benzene rings is 3. The zero-order valence-corrected chi connectivity index (χ0v) is 18.1. The van der Waals surface area contributed by atoms with E-state index in [9.17, 15) is 4.79 Å². The summed E-state index contributed by atoms with van der Waals surface area (Å²) < 4.78 is 0. The van der Waals surface area contributed by atoms with E-state index in [1.807, 2.05) is 97.9 Å². The highest BCUT2D eigenvalue weighted by atomic mass is 32.2. The number of amides is 1. The molecule has 0 saturated heterocycles. The number of rotatable bonds is 7. The van der Waals surface area contributed by atoms with Gasteiger partial charge in [-0.25, -0.2) is 9.97 Å². The number of anilines is 1. The highest BCUT2D eigenvalue weighted by Gasteiger charge is 2.10. The number of hydrogen-bond donors (Lipinski definition) is 1. The third kappa shape index (κ3) is 5.80. The van der Waals surface area contributed by atoms with Crippen molar-refractivity contribution < 1.29 is 4.79 Å². The van der Waals surface area contributed by atoms with Crippen LogP contribution in [0.3, 0.4) is 0 Å². The minimum Gasteiger partial charge on any atom is -0.326 e. The van der Waals surface area contributed by atoms with Crippen LogP contribution >= 0.6 is 11.8 Å². The summed E-state index contributed by atoms with van der Waals surface area (Å²) in [5.74, 6) is 0.588.